The van der Waals surface area contributed by atoms with E-state index in [0.717, 1.165) is 11.3 Å². The Labute approximate surface area is 119 Å². The first kappa shape index (κ1) is 14.1. The monoisotopic (exact) mass is 295 g/mol. The van der Waals surface area contributed by atoms with Crippen molar-refractivity contribution in [2.45, 2.75) is 24.0 Å². The normalized spacial score (nSPS) is 12.3. The lowest BCUT2D eigenvalue weighted by Gasteiger charge is -2.08. The van der Waals surface area contributed by atoms with Crippen molar-refractivity contribution >= 4 is 27.8 Å². The summed E-state index contributed by atoms with van der Waals surface area (Å²) in [7, 11) is 0.452. The molecule has 1 unspecified atom stereocenters. The molecular formula is C14H17NO2S2. The van der Waals surface area contributed by atoms with Gasteiger partial charge >= 0.3 is 0 Å². The van der Waals surface area contributed by atoms with Crippen molar-refractivity contribution in [1.82, 2.24) is 0 Å². The van der Waals surface area contributed by atoms with Crippen molar-refractivity contribution in [2.75, 3.05) is 12.8 Å². The zero-order chi connectivity index (χ0) is 13.8. The summed E-state index contributed by atoms with van der Waals surface area (Å²) in [6.07, 6.45) is 1.02. The summed E-state index contributed by atoms with van der Waals surface area (Å²) in [5.41, 5.74) is 6.31. The number of benzene rings is 1. The molecule has 102 valence electrons. The highest BCUT2D eigenvalue weighted by Crippen LogP contribution is 2.28. The molecule has 2 rings (SSSR count). The number of thiophene rings is 1. The van der Waals surface area contributed by atoms with Crippen LogP contribution in [0.2, 0.25) is 0 Å². The molecule has 0 saturated heterocycles. The van der Waals surface area contributed by atoms with Gasteiger partial charge in [-0.3, -0.25) is 4.21 Å². The minimum atomic E-state index is -1.11. The molecule has 0 aliphatic carbocycles. The lowest BCUT2D eigenvalue weighted by molar-refractivity contribution is 0.404. The van der Waals surface area contributed by atoms with Crippen molar-refractivity contribution in [3.05, 3.63) is 40.1 Å². The minimum Gasteiger partial charge on any atom is -0.495 e. The van der Waals surface area contributed by atoms with Gasteiger partial charge in [-0.15, -0.1) is 11.3 Å². The van der Waals surface area contributed by atoms with Gasteiger partial charge in [0.2, 0.25) is 0 Å². The van der Waals surface area contributed by atoms with Gasteiger partial charge in [-0.05, 0) is 30.7 Å². The van der Waals surface area contributed by atoms with Gasteiger partial charge in [0.15, 0.2) is 0 Å². The molecule has 2 N–H and O–H groups in total. The molecule has 5 heteroatoms. The van der Waals surface area contributed by atoms with E-state index in [0.29, 0.717) is 22.1 Å². The highest BCUT2D eigenvalue weighted by Gasteiger charge is 2.12. The van der Waals surface area contributed by atoms with Crippen LogP contribution in [0.25, 0.3) is 0 Å². The fourth-order valence-corrected chi connectivity index (χ4v) is 4.18. The Kier molecular flexibility index (Phi) is 4.61. The number of rotatable bonds is 5. The highest BCUT2D eigenvalue weighted by atomic mass is 32.2. The maximum atomic E-state index is 12.4. The molecule has 0 fully saturated rings. The Morgan fingerprint density at radius 3 is 2.63 bits per heavy atom. The van der Waals surface area contributed by atoms with E-state index < -0.39 is 10.8 Å². The average Bonchev–Trinajstić information content (AvgIpc) is 2.86. The van der Waals surface area contributed by atoms with Crippen LogP contribution in [0.15, 0.2) is 35.2 Å². The van der Waals surface area contributed by atoms with Gasteiger partial charge in [0.05, 0.1) is 28.6 Å². The van der Waals surface area contributed by atoms with Gasteiger partial charge < -0.3 is 10.5 Å². The molecule has 1 atom stereocenters. The second kappa shape index (κ2) is 6.21. The van der Waals surface area contributed by atoms with Gasteiger partial charge in [-0.2, -0.15) is 0 Å². The molecule has 0 aliphatic rings. The predicted octanol–water partition coefficient (Wildman–Crippen LogP) is 3.21. The van der Waals surface area contributed by atoms with E-state index >= 15 is 0 Å². The van der Waals surface area contributed by atoms with Gasteiger partial charge in [-0.1, -0.05) is 6.92 Å². The molecule has 1 heterocycles. The molecule has 2 aromatic rings. The van der Waals surface area contributed by atoms with Gasteiger partial charge in [0, 0.05) is 21.5 Å². The number of anilines is 1. The number of nitrogens with two attached hydrogens (primary N) is 1. The molecule has 1 aromatic carbocycles. The van der Waals surface area contributed by atoms with Crippen LogP contribution >= 0.6 is 11.3 Å². The first-order valence-corrected chi connectivity index (χ1v) is 8.17. The number of hydrogen-bond acceptors (Lipinski definition) is 4. The Balaban J connectivity index is 2.20. The highest BCUT2D eigenvalue weighted by molar-refractivity contribution is 7.84. The van der Waals surface area contributed by atoms with Crippen molar-refractivity contribution in [1.29, 1.82) is 0 Å². The summed E-state index contributed by atoms with van der Waals surface area (Å²) in [5, 5.41) is 0. The van der Waals surface area contributed by atoms with Crippen molar-refractivity contribution in [3.63, 3.8) is 0 Å². The molecule has 3 nitrogen and oxygen atoms in total. The third kappa shape index (κ3) is 3.36. The molecule has 0 amide bonds. The second-order valence-electron chi connectivity index (χ2n) is 4.12. The third-order valence-electron chi connectivity index (χ3n) is 2.77. The van der Waals surface area contributed by atoms with Crippen LogP contribution in [0.1, 0.15) is 16.7 Å². The topological polar surface area (TPSA) is 52.3 Å². The minimum absolute atomic E-state index is 0.519. The number of methoxy groups -OCH3 is 1. The third-order valence-corrected chi connectivity index (χ3v) is 5.59. The van der Waals surface area contributed by atoms with Crippen LogP contribution in [0.3, 0.4) is 0 Å². The van der Waals surface area contributed by atoms with Crippen LogP contribution in [0, 0.1) is 0 Å². The molecule has 0 radical (unpaired) electrons. The summed E-state index contributed by atoms with van der Waals surface area (Å²) in [5.74, 6) is 1.11. The smallest absolute Gasteiger partial charge is 0.137 e. The van der Waals surface area contributed by atoms with Gasteiger partial charge in [-0.25, -0.2) is 0 Å². The van der Waals surface area contributed by atoms with E-state index in [1.165, 1.54) is 4.88 Å². The molecular weight excluding hydrogens is 278 g/mol. The standard InChI is InChI=1S/C14H17NO2S2/c1-3-11-5-6-12(18-11)9-19(16)14-7-4-10(15)8-13(14)17-2/h4-8H,3,9,15H2,1-2H3. The maximum Gasteiger partial charge on any atom is 0.137 e. The molecule has 19 heavy (non-hydrogen) atoms. The second-order valence-corrected chi connectivity index (χ2v) is 6.79. The lowest BCUT2D eigenvalue weighted by Crippen LogP contribution is -1.99. The van der Waals surface area contributed by atoms with E-state index in [1.54, 1.807) is 36.6 Å². The first-order chi connectivity index (χ1) is 9.13. The average molecular weight is 295 g/mol. The molecule has 0 saturated carbocycles. The molecule has 1 aromatic heterocycles. The SMILES string of the molecule is CCc1ccc(CS(=O)c2ccc(N)cc2OC)s1. The lowest BCUT2D eigenvalue weighted by atomic mass is 10.3. The Hall–Kier alpha value is -1.33. The molecule has 0 spiro atoms. The summed E-state index contributed by atoms with van der Waals surface area (Å²) < 4.78 is 17.6. The molecule has 0 aliphatic heterocycles. The van der Waals surface area contributed by atoms with Crippen LogP contribution in [-0.4, -0.2) is 11.3 Å². The zero-order valence-electron chi connectivity index (χ0n) is 11.0. The van der Waals surface area contributed by atoms with Gasteiger partial charge in [0.1, 0.15) is 5.75 Å². The van der Waals surface area contributed by atoms with Crippen LogP contribution < -0.4 is 10.5 Å². The number of hydrogen-bond donors (Lipinski definition) is 1. The van der Waals surface area contributed by atoms with E-state index in [2.05, 4.69) is 13.0 Å². The van der Waals surface area contributed by atoms with Crippen LogP contribution in [-0.2, 0) is 23.0 Å². The van der Waals surface area contributed by atoms with E-state index in [-0.39, 0.29) is 0 Å². The van der Waals surface area contributed by atoms with Crippen molar-refractivity contribution in [2.24, 2.45) is 0 Å². The Morgan fingerprint density at radius 1 is 1.26 bits per heavy atom. The van der Waals surface area contributed by atoms with Crippen molar-refractivity contribution in [3.8, 4) is 5.75 Å². The Morgan fingerprint density at radius 2 is 2.00 bits per heavy atom. The maximum absolute atomic E-state index is 12.4. The molecule has 0 bridgehead atoms. The fraction of sp³-hybridized carbons (Fsp3) is 0.286. The number of aryl methyl sites for hydroxylation is 1. The summed E-state index contributed by atoms with van der Waals surface area (Å²) in [6.45, 7) is 2.12. The quantitative estimate of drug-likeness (QED) is 0.862. The summed E-state index contributed by atoms with van der Waals surface area (Å²) in [6, 6.07) is 9.38. The predicted molar refractivity (Wildman–Crippen MR) is 81.2 cm³/mol. The fourth-order valence-electron chi connectivity index (χ4n) is 1.77. The van der Waals surface area contributed by atoms with E-state index in [1.807, 2.05) is 6.07 Å². The van der Waals surface area contributed by atoms with Crippen LogP contribution in [0.4, 0.5) is 5.69 Å². The summed E-state index contributed by atoms with van der Waals surface area (Å²) >= 11 is 1.71. The van der Waals surface area contributed by atoms with E-state index in [9.17, 15) is 4.21 Å². The van der Waals surface area contributed by atoms with Gasteiger partial charge in [0.25, 0.3) is 0 Å². The zero-order valence-corrected chi connectivity index (χ0v) is 12.6. The number of nitrogen functional groups attached to an aromatic ring is 1. The first-order valence-electron chi connectivity index (χ1n) is 6.03. The largest absolute Gasteiger partial charge is 0.495 e. The van der Waals surface area contributed by atoms with E-state index in [4.69, 9.17) is 10.5 Å². The van der Waals surface area contributed by atoms with Crippen LogP contribution in [0.5, 0.6) is 5.75 Å². The Bertz CT molecular complexity index is 593. The summed E-state index contributed by atoms with van der Waals surface area (Å²) in [4.78, 5) is 3.15. The van der Waals surface area contributed by atoms with Crippen molar-refractivity contribution < 1.29 is 8.95 Å². The number of ether oxygens (including phenoxy) is 1.